The van der Waals surface area contributed by atoms with Gasteiger partial charge in [-0.05, 0) is 56.7 Å². The number of hydrogen-bond acceptors (Lipinski definition) is 4. The summed E-state index contributed by atoms with van der Waals surface area (Å²) in [5.41, 5.74) is 0.0376. The predicted octanol–water partition coefficient (Wildman–Crippen LogP) is 2.69. The lowest BCUT2D eigenvalue weighted by atomic mass is 9.98. The third-order valence-electron chi connectivity index (χ3n) is 3.22. The number of hydrogen-bond donors (Lipinski definition) is 1. The molecule has 0 spiro atoms. The average Bonchev–Trinajstić information content (AvgIpc) is 2.48. The first-order chi connectivity index (χ1) is 10.3. The van der Waals surface area contributed by atoms with E-state index in [4.69, 9.17) is 4.74 Å². The molecule has 118 valence electrons. The Kier molecular flexibility index (Phi) is 4.83. The third kappa shape index (κ3) is 3.84. The summed E-state index contributed by atoms with van der Waals surface area (Å²) in [6.45, 7) is 6.02. The Morgan fingerprint density at radius 2 is 1.86 bits per heavy atom. The fourth-order valence-corrected chi connectivity index (χ4v) is 3.47. The Morgan fingerprint density at radius 3 is 2.41 bits per heavy atom. The summed E-state index contributed by atoms with van der Waals surface area (Å²) in [5.74, 6) is 0.646. The normalized spacial score (nSPS) is 12.1. The van der Waals surface area contributed by atoms with Crippen LogP contribution in [0.5, 0.6) is 5.75 Å². The van der Waals surface area contributed by atoms with E-state index in [-0.39, 0.29) is 4.90 Å². The molecule has 1 aromatic carbocycles. The largest absolute Gasteiger partial charge is 0.494 e. The molecule has 0 saturated heterocycles. The van der Waals surface area contributed by atoms with E-state index in [1.54, 1.807) is 44.4 Å². The van der Waals surface area contributed by atoms with Gasteiger partial charge in [-0.1, -0.05) is 6.07 Å². The molecule has 1 N–H and O–H groups in total. The molecule has 0 unspecified atom stereocenters. The molecule has 1 aromatic heterocycles. The molecular weight excluding hydrogens is 300 g/mol. The summed E-state index contributed by atoms with van der Waals surface area (Å²) < 4.78 is 33.1. The zero-order valence-corrected chi connectivity index (χ0v) is 13.7. The van der Waals surface area contributed by atoms with Crippen molar-refractivity contribution in [2.75, 3.05) is 6.61 Å². The highest BCUT2D eigenvalue weighted by Gasteiger charge is 2.28. The van der Waals surface area contributed by atoms with Crippen molar-refractivity contribution in [2.24, 2.45) is 0 Å². The molecule has 6 heteroatoms. The van der Waals surface area contributed by atoms with E-state index in [0.717, 1.165) is 5.56 Å². The number of ether oxygens (including phenoxy) is 1. The Labute approximate surface area is 131 Å². The van der Waals surface area contributed by atoms with Gasteiger partial charge in [0.25, 0.3) is 0 Å². The Hall–Kier alpha value is -1.92. The Balaban J connectivity index is 2.23. The van der Waals surface area contributed by atoms with Crippen LogP contribution in [0.15, 0.2) is 53.7 Å². The fourth-order valence-electron chi connectivity index (χ4n) is 2.07. The van der Waals surface area contributed by atoms with E-state index >= 15 is 0 Å². The molecule has 22 heavy (non-hydrogen) atoms. The number of rotatable bonds is 6. The van der Waals surface area contributed by atoms with E-state index in [1.165, 1.54) is 12.1 Å². The van der Waals surface area contributed by atoms with Crippen molar-refractivity contribution in [3.63, 3.8) is 0 Å². The van der Waals surface area contributed by atoms with Crippen LogP contribution in [-0.4, -0.2) is 20.0 Å². The molecule has 0 bridgehead atoms. The number of nitrogens with one attached hydrogen (secondary N) is 1. The van der Waals surface area contributed by atoms with Gasteiger partial charge in [-0.25, -0.2) is 13.1 Å². The summed E-state index contributed by atoms with van der Waals surface area (Å²) in [5, 5.41) is 0. The smallest absolute Gasteiger partial charge is 0.241 e. The van der Waals surface area contributed by atoms with E-state index in [1.807, 2.05) is 13.0 Å². The molecule has 0 radical (unpaired) electrons. The summed E-state index contributed by atoms with van der Waals surface area (Å²) in [7, 11) is -3.63. The van der Waals surface area contributed by atoms with Crippen LogP contribution in [0.3, 0.4) is 0 Å². The molecule has 0 fully saturated rings. The van der Waals surface area contributed by atoms with Gasteiger partial charge in [0.1, 0.15) is 5.75 Å². The maximum Gasteiger partial charge on any atom is 0.241 e. The van der Waals surface area contributed by atoms with Crippen LogP contribution in [0.4, 0.5) is 0 Å². The lowest BCUT2D eigenvalue weighted by Crippen LogP contribution is -2.40. The first-order valence-electron chi connectivity index (χ1n) is 7.02. The Morgan fingerprint density at radius 1 is 1.18 bits per heavy atom. The summed E-state index contributed by atoms with van der Waals surface area (Å²) in [4.78, 5) is 4.24. The summed E-state index contributed by atoms with van der Waals surface area (Å²) in [6, 6.07) is 9.99. The second-order valence-electron chi connectivity index (χ2n) is 5.38. The van der Waals surface area contributed by atoms with Crippen molar-refractivity contribution < 1.29 is 13.2 Å². The number of nitrogens with zero attached hydrogens (tertiary/aromatic N) is 1. The maximum absolute atomic E-state index is 12.5. The number of sulfonamides is 1. The summed E-state index contributed by atoms with van der Waals surface area (Å²) in [6.07, 6.45) is 3.31. The van der Waals surface area contributed by atoms with E-state index in [9.17, 15) is 8.42 Å². The van der Waals surface area contributed by atoms with Crippen molar-refractivity contribution >= 4 is 10.0 Å². The molecule has 0 aliphatic heterocycles. The molecule has 2 aromatic rings. The zero-order valence-electron chi connectivity index (χ0n) is 12.9. The standard InChI is InChI=1S/C16H20N2O3S/c1-4-21-14-7-9-15(10-8-14)22(19,20)18-16(2,3)13-6-5-11-17-12-13/h5-12,18H,4H2,1-3H3. The highest BCUT2D eigenvalue weighted by atomic mass is 32.2. The first-order valence-corrected chi connectivity index (χ1v) is 8.51. The first kappa shape index (κ1) is 16.5. The second kappa shape index (κ2) is 6.46. The lowest BCUT2D eigenvalue weighted by molar-refractivity contribution is 0.340. The van der Waals surface area contributed by atoms with Crippen molar-refractivity contribution in [3.8, 4) is 5.75 Å². The van der Waals surface area contributed by atoms with Crippen molar-refractivity contribution in [2.45, 2.75) is 31.2 Å². The van der Waals surface area contributed by atoms with E-state index in [2.05, 4.69) is 9.71 Å². The van der Waals surface area contributed by atoms with Crippen LogP contribution >= 0.6 is 0 Å². The van der Waals surface area contributed by atoms with Crippen LogP contribution in [0.2, 0.25) is 0 Å². The monoisotopic (exact) mass is 320 g/mol. The molecule has 1 heterocycles. The van der Waals surface area contributed by atoms with Gasteiger partial charge in [-0.2, -0.15) is 0 Å². The molecular formula is C16H20N2O3S. The van der Waals surface area contributed by atoms with Crippen LogP contribution in [0.1, 0.15) is 26.3 Å². The number of pyridine rings is 1. The van der Waals surface area contributed by atoms with Crippen LogP contribution in [0, 0.1) is 0 Å². The zero-order chi connectivity index (χ0) is 16.2. The third-order valence-corrected chi connectivity index (χ3v) is 4.89. The molecule has 0 aliphatic rings. The van der Waals surface area contributed by atoms with Crippen LogP contribution in [-0.2, 0) is 15.6 Å². The highest BCUT2D eigenvalue weighted by Crippen LogP contribution is 2.23. The highest BCUT2D eigenvalue weighted by molar-refractivity contribution is 7.89. The quantitative estimate of drug-likeness (QED) is 0.888. The van der Waals surface area contributed by atoms with Gasteiger partial charge >= 0.3 is 0 Å². The van der Waals surface area contributed by atoms with Crippen molar-refractivity contribution in [1.29, 1.82) is 0 Å². The van der Waals surface area contributed by atoms with Crippen molar-refractivity contribution in [1.82, 2.24) is 9.71 Å². The molecule has 0 atom stereocenters. The maximum atomic E-state index is 12.5. The van der Waals surface area contributed by atoms with Gasteiger partial charge in [0.05, 0.1) is 17.0 Å². The lowest BCUT2D eigenvalue weighted by Gasteiger charge is -2.26. The topological polar surface area (TPSA) is 68.3 Å². The minimum absolute atomic E-state index is 0.202. The number of aromatic nitrogens is 1. The van der Waals surface area contributed by atoms with Crippen LogP contribution in [0.25, 0.3) is 0 Å². The predicted molar refractivity (Wildman–Crippen MR) is 85.2 cm³/mol. The van der Waals surface area contributed by atoms with Gasteiger partial charge in [0.2, 0.25) is 10.0 Å². The van der Waals surface area contributed by atoms with Crippen molar-refractivity contribution in [3.05, 3.63) is 54.4 Å². The molecule has 5 nitrogen and oxygen atoms in total. The average molecular weight is 320 g/mol. The van der Waals surface area contributed by atoms with Crippen LogP contribution < -0.4 is 9.46 Å². The Bertz CT molecular complexity index is 711. The minimum atomic E-state index is -3.63. The van der Waals surface area contributed by atoms with Gasteiger partial charge in [0, 0.05) is 12.4 Å². The fraction of sp³-hybridized carbons (Fsp3) is 0.312. The SMILES string of the molecule is CCOc1ccc(S(=O)(=O)NC(C)(C)c2cccnc2)cc1. The number of benzene rings is 1. The van der Waals surface area contributed by atoms with Gasteiger partial charge in [0.15, 0.2) is 0 Å². The summed E-state index contributed by atoms with van der Waals surface area (Å²) >= 11 is 0. The molecule has 2 rings (SSSR count). The van der Waals surface area contributed by atoms with Gasteiger partial charge in [-0.3, -0.25) is 4.98 Å². The molecule has 0 saturated carbocycles. The van der Waals surface area contributed by atoms with E-state index in [0.29, 0.717) is 12.4 Å². The molecule has 0 aliphatic carbocycles. The van der Waals surface area contributed by atoms with Gasteiger partial charge in [-0.15, -0.1) is 0 Å². The second-order valence-corrected chi connectivity index (χ2v) is 7.06. The minimum Gasteiger partial charge on any atom is -0.494 e. The van der Waals surface area contributed by atoms with Gasteiger partial charge < -0.3 is 4.74 Å². The van der Waals surface area contributed by atoms with E-state index < -0.39 is 15.6 Å². The molecule has 0 amide bonds.